The number of alkyl halides is 1. The molecule has 0 bridgehead atoms. The zero-order valence-electron chi connectivity index (χ0n) is 18.9. The molecule has 1 aromatic rings. The number of carboxylic acid groups (broad SMARTS) is 1. The third kappa shape index (κ3) is 5.74. The lowest BCUT2D eigenvalue weighted by atomic mass is 10.0. The Morgan fingerprint density at radius 3 is 2.56 bits per heavy atom. The van der Waals surface area contributed by atoms with Crippen molar-refractivity contribution in [1.29, 1.82) is 0 Å². The van der Waals surface area contributed by atoms with Crippen molar-refractivity contribution in [2.24, 2.45) is 0 Å². The number of hydrogen-bond acceptors (Lipinski definition) is 6. The zero-order chi connectivity index (χ0) is 25.0. The maximum absolute atomic E-state index is 13.2. The first-order valence-corrected chi connectivity index (χ1v) is 12.1. The van der Waals surface area contributed by atoms with Gasteiger partial charge < -0.3 is 20.5 Å². The van der Waals surface area contributed by atoms with Crippen molar-refractivity contribution in [3.63, 3.8) is 0 Å². The van der Waals surface area contributed by atoms with E-state index in [2.05, 4.69) is 10.6 Å². The molecule has 3 atom stereocenters. The van der Waals surface area contributed by atoms with E-state index in [1.165, 1.54) is 16.7 Å². The van der Waals surface area contributed by atoms with E-state index < -0.39 is 46.9 Å². The van der Waals surface area contributed by atoms with Crippen LogP contribution in [0.3, 0.4) is 0 Å². The number of β-lactam (4-membered cyclic amide) rings is 1. The van der Waals surface area contributed by atoms with Gasteiger partial charge in [0.15, 0.2) is 0 Å². The lowest BCUT2D eigenvalue weighted by molar-refractivity contribution is -0.150. The van der Waals surface area contributed by atoms with E-state index in [-0.39, 0.29) is 11.6 Å². The van der Waals surface area contributed by atoms with Crippen LogP contribution in [0.5, 0.6) is 0 Å². The van der Waals surface area contributed by atoms with Crippen LogP contribution in [0.15, 0.2) is 53.8 Å². The normalized spacial score (nSPS) is 20.9. The molecule has 0 spiro atoms. The molecular formula is C23H26ClN3O6S. The second kappa shape index (κ2) is 10.5. The summed E-state index contributed by atoms with van der Waals surface area (Å²) in [5, 5.41) is 14.3. The largest absolute Gasteiger partial charge is 0.477 e. The summed E-state index contributed by atoms with van der Waals surface area (Å²) < 4.78 is 5.28. The lowest BCUT2D eigenvalue weighted by Crippen LogP contribution is -2.71. The van der Waals surface area contributed by atoms with Gasteiger partial charge >= 0.3 is 12.1 Å². The van der Waals surface area contributed by atoms with E-state index in [4.69, 9.17) is 16.3 Å². The standard InChI is InChI=1S/C23H26ClN3O6S/c1-23(2,3)33-22(32)26-15(13-8-5-4-6-9-13)18(28)25-16-19(29)27-17(21(30)31)14(10-7-11-24)12-34-20(16)27/h4-10,15-16,20H,11-12H2,1-3H3,(H,25,28)(H,26,32)(H,30,31)/b10-7-/t15?,16-,20+/m1/s1. The molecule has 2 aliphatic rings. The van der Waals surface area contributed by atoms with Gasteiger partial charge in [-0.15, -0.1) is 23.4 Å². The Morgan fingerprint density at radius 2 is 1.97 bits per heavy atom. The lowest BCUT2D eigenvalue weighted by Gasteiger charge is -2.49. The van der Waals surface area contributed by atoms with Crippen LogP contribution in [-0.4, -0.2) is 62.5 Å². The molecule has 182 valence electrons. The summed E-state index contributed by atoms with van der Waals surface area (Å²) in [5.41, 5.74) is 0.0963. The number of alkyl carbamates (subject to hydrolysis) is 1. The maximum Gasteiger partial charge on any atom is 0.408 e. The van der Waals surface area contributed by atoms with E-state index in [1.54, 1.807) is 63.3 Å². The van der Waals surface area contributed by atoms with Gasteiger partial charge in [0.2, 0.25) is 5.91 Å². The summed E-state index contributed by atoms with van der Waals surface area (Å²) in [4.78, 5) is 51.4. The summed E-state index contributed by atoms with van der Waals surface area (Å²) in [6, 6.07) is 6.52. The fourth-order valence-electron chi connectivity index (χ4n) is 3.57. The number of nitrogens with zero attached hydrogens (tertiary/aromatic N) is 1. The predicted molar refractivity (Wildman–Crippen MR) is 128 cm³/mol. The highest BCUT2D eigenvalue weighted by Crippen LogP contribution is 2.40. The Morgan fingerprint density at radius 1 is 1.29 bits per heavy atom. The third-order valence-electron chi connectivity index (χ3n) is 4.96. The number of benzene rings is 1. The van der Waals surface area contributed by atoms with Gasteiger partial charge in [-0.1, -0.05) is 42.5 Å². The fourth-order valence-corrected chi connectivity index (χ4v) is 4.97. The van der Waals surface area contributed by atoms with Crippen molar-refractivity contribution in [3.05, 3.63) is 59.3 Å². The summed E-state index contributed by atoms with van der Waals surface area (Å²) in [6.07, 6.45) is 2.42. The molecule has 0 aliphatic carbocycles. The molecule has 3 amide bonds. The number of allylic oxidation sites excluding steroid dienone is 2. The van der Waals surface area contributed by atoms with Gasteiger partial charge in [0.25, 0.3) is 5.91 Å². The first-order valence-electron chi connectivity index (χ1n) is 10.5. The van der Waals surface area contributed by atoms with Crippen LogP contribution in [-0.2, 0) is 19.1 Å². The highest BCUT2D eigenvalue weighted by Gasteiger charge is 2.54. The van der Waals surface area contributed by atoms with E-state index in [0.29, 0.717) is 16.9 Å². The third-order valence-corrected chi connectivity index (χ3v) is 6.44. The quantitative estimate of drug-likeness (QED) is 0.383. The first kappa shape index (κ1) is 25.6. The van der Waals surface area contributed by atoms with Crippen LogP contribution >= 0.6 is 23.4 Å². The molecule has 0 aromatic heterocycles. The highest BCUT2D eigenvalue weighted by atomic mass is 35.5. The summed E-state index contributed by atoms with van der Waals surface area (Å²) in [6.45, 7) is 5.11. The fraction of sp³-hybridized carbons (Fsp3) is 0.391. The average Bonchev–Trinajstić information content (AvgIpc) is 2.78. The van der Waals surface area contributed by atoms with Crippen molar-refractivity contribution >= 4 is 47.2 Å². The Bertz CT molecular complexity index is 1040. The number of carboxylic acids is 1. The van der Waals surface area contributed by atoms with Crippen LogP contribution in [0.2, 0.25) is 0 Å². The molecule has 2 aliphatic heterocycles. The van der Waals surface area contributed by atoms with Crippen molar-refractivity contribution in [1.82, 2.24) is 15.5 Å². The summed E-state index contributed by atoms with van der Waals surface area (Å²) >= 11 is 7.00. The number of carbonyl (C=O) groups is 4. The van der Waals surface area contributed by atoms with Gasteiger partial charge in [-0.05, 0) is 31.9 Å². The van der Waals surface area contributed by atoms with Gasteiger partial charge in [-0.2, -0.15) is 0 Å². The Balaban J connectivity index is 1.79. The molecule has 3 N–H and O–H groups in total. The van der Waals surface area contributed by atoms with Gasteiger partial charge in [-0.3, -0.25) is 14.5 Å². The molecule has 0 radical (unpaired) electrons. The molecule has 2 heterocycles. The van der Waals surface area contributed by atoms with E-state index >= 15 is 0 Å². The smallest absolute Gasteiger partial charge is 0.408 e. The zero-order valence-corrected chi connectivity index (χ0v) is 20.5. The second-order valence-electron chi connectivity index (χ2n) is 8.62. The molecule has 1 unspecified atom stereocenters. The number of thioether (sulfide) groups is 1. The van der Waals surface area contributed by atoms with Gasteiger partial charge in [0.05, 0.1) is 0 Å². The molecule has 9 nitrogen and oxygen atoms in total. The van der Waals surface area contributed by atoms with Crippen molar-refractivity contribution < 1.29 is 29.0 Å². The summed E-state index contributed by atoms with van der Waals surface area (Å²) in [7, 11) is 0. The van der Waals surface area contributed by atoms with Crippen molar-refractivity contribution in [3.8, 4) is 0 Å². The minimum Gasteiger partial charge on any atom is -0.477 e. The van der Waals surface area contributed by atoms with E-state index in [9.17, 15) is 24.3 Å². The highest BCUT2D eigenvalue weighted by molar-refractivity contribution is 8.00. The predicted octanol–water partition coefficient (Wildman–Crippen LogP) is 2.79. The number of ether oxygens (including phenoxy) is 1. The van der Waals surface area contributed by atoms with Gasteiger partial charge in [0.1, 0.15) is 28.8 Å². The monoisotopic (exact) mass is 507 g/mol. The first-order chi connectivity index (χ1) is 16.0. The molecular weight excluding hydrogens is 482 g/mol. The van der Waals surface area contributed by atoms with Crippen molar-refractivity contribution in [2.45, 2.75) is 43.8 Å². The number of halogens is 1. The minimum absolute atomic E-state index is 0.118. The SMILES string of the molecule is CC(C)(C)OC(=O)NC(C(=O)N[C@@H]1C(=O)N2C(C(=O)O)=C(/C=C\CCl)CS[C@@H]12)c1ccccc1. The van der Waals surface area contributed by atoms with Gasteiger partial charge in [0, 0.05) is 11.6 Å². The van der Waals surface area contributed by atoms with Crippen LogP contribution in [0.1, 0.15) is 32.4 Å². The number of rotatable bonds is 7. The molecule has 11 heteroatoms. The Labute approximate surface area is 206 Å². The molecule has 0 saturated carbocycles. The summed E-state index contributed by atoms with van der Waals surface area (Å²) in [5.74, 6) is -1.82. The number of amides is 3. The number of hydrogen-bond donors (Lipinski definition) is 3. The molecule has 3 rings (SSSR count). The van der Waals surface area contributed by atoms with Crippen LogP contribution in [0.25, 0.3) is 0 Å². The Hall–Kier alpha value is -2.98. The van der Waals surface area contributed by atoms with E-state index in [0.717, 1.165) is 0 Å². The number of aliphatic carboxylic acids is 1. The average molecular weight is 508 g/mol. The number of nitrogens with one attached hydrogen (secondary N) is 2. The van der Waals surface area contributed by atoms with Crippen LogP contribution < -0.4 is 10.6 Å². The van der Waals surface area contributed by atoms with Crippen LogP contribution in [0, 0.1) is 0 Å². The molecule has 34 heavy (non-hydrogen) atoms. The molecule has 1 aromatic carbocycles. The number of carbonyl (C=O) groups excluding carboxylic acids is 3. The topological polar surface area (TPSA) is 125 Å². The van der Waals surface area contributed by atoms with E-state index in [1.807, 2.05) is 0 Å². The maximum atomic E-state index is 13.2. The minimum atomic E-state index is -1.23. The van der Waals surface area contributed by atoms with Crippen molar-refractivity contribution in [2.75, 3.05) is 11.6 Å². The molecule has 1 saturated heterocycles. The van der Waals surface area contributed by atoms with Crippen LogP contribution in [0.4, 0.5) is 4.79 Å². The number of fused-ring (bicyclic) bond motifs is 1. The molecule has 1 fully saturated rings. The van der Waals surface area contributed by atoms with Gasteiger partial charge in [-0.25, -0.2) is 9.59 Å². The second-order valence-corrected chi connectivity index (χ2v) is 10.0. The Kier molecular flexibility index (Phi) is 7.93.